The van der Waals surface area contributed by atoms with Gasteiger partial charge in [-0.1, -0.05) is 23.7 Å². The van der Waals surface area contributed by atoms with Crippen molar-refractivity contribution >= 4 is 17.5 Å². The zero-order chi connectivity index (χ0) is 20.8. The fraction of sp³-hybridized carbons (Fsp3) is 0.409. The lowest BCUT2D eigenvalue weighted by molar-refractivity contribution is -0.133. The van der Waals surface area contributed by atoms with Crippen molar-refractivity contribution in [3.05, 3.63) is 53.1 Å². The number of hydrogen-bond acceptors (Lipinski definition) is 5. The third-order valence-electron chi connectivity index (χ3n) is 4.93. The molecule has 0 aliphatic carbocycles. The molecule has 0 aromatic heterocycles. The molecule has 0 bridgehead atoms. The van der Waals surface area contributed by atoms with Gasteiger partial charge in [0.25, 0.3) is 5.91 Å². The van der Waals surface area contributed by atoms with E-state index in [1.807, 2.05) is 31.2 Å². The van der Waals surface area contributed by atoms with Crippen LogP contribution < -0.4 is 14.2 Å². The summed E-state index contributed by atoms with van der Waals surface area (Å²) in [6, 6.07) is 12.7. The number of rotatable bonds is 6. The van der Waals surface area contributed by atoms with Crippen molar-refractivity contribution in [1.82, 2.24) is 4.90 Å². The molecule has 0 spiro atoms. The van der Waals surface area contributed by atoms with Gasteiger partial charge in [-0.15, -0.1) is 0 Å². The highest BCUT2D eigenvalue weighted by atomic mass is 35.5. The first-order chi connectivity index (χ1) is 14.0. The van der Waals surface area contributed by atoms with Gasteiger partial charge in [-0.25, -0.2) is 0 Å². The topological polar surface area (TPSA) is 68.2 Å². The molecule has 7 heteroatoms. The number of ether oxygens (including phenoxy) is 3. The normalized spacial score (nSPS) is 19.4. The maximum Gasteiger partial charge on any atom is 0.260 e. The number of carbonyl (C=O) groups excluding carboxylic acids is 1. The molecule has 6 nitrogen and oxygen atoms in total. The Morgan fingerprint density at radius 3 is 2.72 bits per heavy atom. The second-order valence-corrected chi connectivity index (χ2v) is 7.49. The Morgan fingerprint density at radius 2 is 1.93 bits per heavy atom. The molecule has 2 atom stereocenters. The van der Waals surface area contributed by atoms with Gasteiger partial charge in [-0.05, 0) is 43.2 Å². The summed E-state index contributed by atoms with van der Waals surface area (Å²) in [4.78, 5) is 14.3. The standard InChI is InChI=1S/C22H26ClNO5/c1-15-6-7-18(23)21(12-15)28-14-22(26)24-10-8-19(25)20(9-11-24)29-17-5-3-4-16(13-17)27-2/h3-7,12-13,19-20,25H,8-11,14H2,1-2H3/t19-,20-/m0/s1. The lowest BCUT2D eigenvalue weighted by Gasteiger charge is -2.22. The molecule has 1 amide bonds. The highest BCUT2D eigenvalue weighted by Crippen LogP contribution is 2.26. The van der Waals surface area contributed by atoms with E-state index < -0.39 is 12.2 Å². The maximum absolute atomic E-state index is 12.6. The van der Waals surface area contributed by atoms with Crippen molar-refractivity contribution in [3.8, 4) is 17.2 Å². The molecule has 1 aliphatic rings. The Balaban J connectivity index is 1.56. The quantitative estimate of drug-likeness (QED) is 0.776. The van der Waals surface area contributed by atoms with E-state index in [1.54, 1.807) is 30.2 Å². The first-order valence-corrected chi connectivity index (χ1v) is 9.99. The SMILES string of the molecule is COc1cccc(O[C@H]2CCN(C(=O)COc3cc(C)ccc3Cl)CC[C@@H]2O)c1. The van der Waals surface area contributed by atoms with Crippen LogP contribution in [0.3, 0.4) is 0 Å². The molecule has 1 saturated heterocycles. The lowest BCUT2D eigenvalue weighted by atomic mass is 10.1. The Labute approximate surface area is 175 Å². The molecule has 0 unspecified atom stereocenters. The molecule has 0 saturated carbocycles. The van der Waals surface area contributed by atoms with Crippen LogP contribution in [-0.2, 0) is 4.79 Å². The Morgan fingerprint density at radius 1 is 1.17 bits per heavy atom. The zero-order valence-corrected chi connectivity index (χ0v) is 17.4. The zero-order valence-electron chi connectivity index (χ0n) is 16.6. The molecule has 156 valence electrons. The van der Waals surface area contributed by atoms with E-state index in [1.165, 1.54) is 0 Å². The summed E-state index contributed by atoms with van der Waals surface area (Å²) in [6.45, 7) is 2.77. The van der Waals surface area contributed by atoms with Crippen molar-refractivity contribution in [2.24, 2.45) is 0 Å². The first-order valence-electron chi connectivity index (χ1n) is 9.62. The number of aliphatic hydroxyl groups is 1. The van der Waals surface area contributed by atoms with E-state index in [9.17, 15) is 9.90 Å². The smallest absolute Gasteiger partial charge is 0.260 e. The minimum absolute atomic E-state index is 0.0966. The van der Waals surface area contributed by atoms with Gasteiger partial charge in [0, 0.05) is 25.6 Å². The van der Waals surface area contributed by atoms with E-state index in [2.05, 4.69) is 0 Å². The number of carbonyl (C=O) groups is 1. The molecule has 0 radical (unpaired) electrons. The Kier molecular flexibility index (Phi) is 7.23. The fourth-order valence-corrected chi connectivity index (χ4v) is 3.42. The molecule has 1 aliphatic heterocycles. The molecule has 1 N–H and O–H groups in total. The van der Waals surface area contributed by atoms with E-state index in [4.69, 9.17) is 25.8 Å². The van der Waals surface area contributed by atoms with Gasteiger partial charge in [0.15, 0.2) is 6.61 Å². The second-order valence-electron chi connectivity index (χ2n) is 7.08. The highest BCUT2D eigenvalue weighted by Gasteiger charge is 2.28. The van der Waals surface area contributed by atoms with E-state index >= 15 is 0 Å². The van der Waals surface area contributed by atoms with Gasteiger partial charge in [0.2, 0.25) is 0 Å². The van der Waals surface area contributed by atoms with Gasteiger partial charge in [0.05, 0.1) is 18.2 Å². The van der Waals surface area contributed by atoms with Crippen LogP contribution in [0.4, 0.5) is 0 Å². The van der Waals surface area contributed by atoms with Gasteiger partial charge < -0.3 is 24.2 Å². The van der Waals surface area contributed by atoms with E-state index in [0.717, 1.165) is 5.56 Å². The van der Waals surface area contributed by atoms with Gasteiger partial charge in [-0.2, -0.15) is 0 Å². The van der Waals surface area contributed by atoms with Crippen LogP contribution in [0.15, 0.2) is 42.5 Å². The lowest BCUT2D eigenvalue weighted by Crippen LogP contribution is -2.36. The number of nitrogens with zero attached hydrogens (tertiary/aromatic N) is 1. The molecular formula is C22H26ClNO5. The number of halogens is 1. The van der Waals surface area contributed by atoms with Crippen molar-refractivity contribution in [2.45, 2.75) is 32.0 Å². The third-order valence-corrected chi connectivity index (χ3v) is 5.24. The Bertz CT molecular complexity index is 844. The van der Waals surface area contributed by atoms with Crippen molar-refractivity contribution < 1.29 is 24.1 Å². The minimum atomic E-state index is -0.661. The van der Waals surface area contributed by atoms with Gasteiger partial charge in [-0.3, -0.25) is 4.79 Å². The summed E-state index contributed by atoms with van der Waals surface area (Å²) in [5.74, 6) is 1.67. The Hall–Kier alpha value is -2.44. The van der Waals surface area contributed by atoms with Crippen molar-refractivity contribution in [3.63, 3.8) is 0 Å². The average molecular weight is 420 g/mol. The second kappa shape index (κ2) is 9.85. The van der Waals surface area contributed by atoms with Crippen LogP contribution in [0, 0.1) is 6.92 Å². The van der Waals surface area contributed by atoms with Crippen LogP contribution in [0.5, 0.6) is 17.2 Å². The molecular weight excluding hydrogens is 394 g/mol. The molecule has 1 heterocycles. The van der Waals surface area contributed by atoms with Crippen LogP contribution in [-0.4, -0.2) is 54.9 Å². The van der Waals surface area contributed by atoms with Crippen LogP contribution in [0.25, 0.3) is 0 Å². The number of aliphatic hydroxyl groups excluding tert-OH is 1. The largest absolute Gasteiger partial charge is 0.497 e. The van der Waals surface area contributed by atoms with E-state index in [-0.39, 0.29) is 12.5 Å². The number of likely N-dealkylation sites (tertiary alicyclic amines) is 1. The summed E-state index contributed by atoms with van der Waals surface area (Å²) in [7, 11) is 1.59. The number of benzene rings is 2. The fourth-order valence-electron chi connectivity index (χ4n) is 3.25. The van der Waals surface area contributed by atoms with Crippen LogP contribution in [0.2, 0.25) is 5.02 Å². The highest BCUT2D eigenvalue weighted by molar-refractivity contribution is 6.32. The number of hydrogen-bond donors (Lipinski definition) is 1. The van der Waals surface area contributed by atoms with Crippen LogP contribution in [0.1, 0.15) is 18.4 Å². The molecule has 2 aromatic rings. The first kappa shape index (κ1) is 21.3. The molecule has 2 aromatic carbocycles. The summed E-state index contributed by atoms with van der Waals surface area (Å²) in [5, 5.41) is 10.9. The van der Waals surface area contributed by atoms with Gasteiger partial charge >= 0.3 is 0 Å². The third kappa shape index (κ3) is 5.78. The minimum Gasteiger partial charge on any atom is -0.497 e. The predicted molar refractivity (Wildman–Crippen MR) is 111 cm³/mol. The number of amides is 1. The summed E-state index contributed by atoms with van der Waals surface area (Å²) in [5.41, 5.74) is 1.01. The molecule has 29 heavy (non-hydrogen) atoms. The number of methoxy groups -OCH3 is 1. The molecule has 1 fully saturated rings. The van der Waals surface area contributed by atoms with E-state index in [0.29, 0.717) is 48.2 Å². The number of aryl methyl sites for hydroxylation is 1. The van der Waals surface area contributed by atoms with Crippen molar-refractivity contribution in [2.75, 3.05) is 26.8 Å². The maximum atomic E-state index is 12.6. The van der Waals surface area contributed by atoms with Crippen LogP contribution >= 0.6 is 11.6 Å². The summed E-state index contributed by atoms with van der Waals surface area (Å²) < 4.78 is 16.8. The van der Waals surface area contributed by atoms with Crippen molar-refractivity contribution in [1.29, 1.82) is 0 Å². The average Bonchev–Trinajstić information content (AvgIpc) is 2.90. The predicted octanol–water partition coefficient (Wildman–Crippen LogP) is 3.47. The summed E-state index contributed by atoms with van der Waals surface area (Å²) in [6.07, 6.45) is -0.0980. The monoisotopic (exact) mass is 419 g/mol. The molecule has 3 rings (SSSR count). The van der Waals surface area contributed by atoms with Gasteiger partial charge in [0.1, 0.15) is 23.4 Å². The summed E-state index contributed by atoms with van der Waals surface area (Å²) >= 11 is 6.12.